The summed E-state index contributed by atoms with van der Waals surface area (Å²) in [6, 6.07) is 13.8. The van der Waals surface area contributed by atoms with Crippen LogP contribution in [0.5, 0.6) is 5.75 Å². The molecule has 5 aromatic rings. The van der Waals surface area contributed by atoms with Crippen molar-refractivity contribution in [1.82, 2.24) is 19.9 Å². The molecule has 3 N–H and O–H groups in total. The van der Waals surface area contributed by atoms with Crippen LogP contribution < -0.4 is 5.32 Å². The SMILES string of the molecule is O=C1NC(=O)c2c1c(-c1ccccc1Cl)cc1c2c2cc(O)ccc2n1CC[S+]([O-])c1ncc[nH]1. The number of nitrogens with zero attached hydrogens (tertiary/aromatic N) is 2. The second-order valence-electron chi connectivity index (χ2n) is 8.13. The van der Waals surface area contributed by atoms with Crippen LogP contribution in [0, 0.1) is 0 Å². The van der Waals surface area contributed by atoms with Gasteiger partial charge in [0, 0.05) is 50.4 Å². The number of hydrogen-bond donors (Lipinski definition) is 3. The molecule has 174 valence electrons. The normalized spacial score (nSPS) is 14.0. The molecule has 2 aromatic heterocycles. The van der Waals surface area contributed by atoms with Gasteiger partial charge in [-0.1, -0.05) is 29.8 Å². The van der Waals surface area contributed by atoms with Crippen molar-refractivity contribution in [2.45, 2.75) is 11.7 Å². The summed E-state index contributed by atoms with van der Waals surface area (Å²) < 4.78 is 14.7. The van der Waals surface area contributed by atoms with E-state index in [-0.39, 0.29) is 22.6 Å². The zero-order chi connectivity index (χ0) is 24.3. The first-order chi connectivity index (χ1) is 16.9. The number of phenols is 1. The fourth-order valence-corrected chi connectivity index (χ4v) is 5.87. The van der Waals surface area contributed by atoms with Gasteiger partial charge in [0.05, 0.1) is 23.2 Å². The molecule has 6 rings (SSSR count). The van der Waals surface area contributed by atoms with Crippen LogP contribution in [0.3, 0.4) is 0 Å². The predicted molar refractivity (Wildman–Crippen MR) is 133 cm³/mol. The number of aromatic amines is 1. The number of phenolic OH excluding ortho intramolecular Hbond substituents is 1. The highest BCUT2D eigenvalue weighted by molar-refractivity contribution is 7.91. The number of fused-ring (bicyclic) bond motifs is 5. The van der Waals surface area contributed by atoms with E-state index in [4.69, 9.17) is 11.6 Å². The average molecular weight is 505 g/mol. The Balaban J connectivity index is 1.65. The number of hydrogen-bond acceptors (Lipinski definition) is 5. The molecule has 0 saturated carbocycles. The van der Waals surface area contributed by atoms with Gasteiger partial charge in [-0.15, -0.1) is 0 Å². The molecule has 0 saturated heterocycles. The molecule has 3 aromatic carbocycles. The van der Waals surface area contributed by atoms with Crippen molar-refractivity contribution in [2.24, 2.45) is 0 Å². The number of imidazole rings is 1. The van der Waals surface area contributed by atoms with Gasteiger partial charge in [-0.3, -0.25) is 14.9 Å². The minimum absolute atomic E-state index is 0.0318. The number of aromatic hydroxyl groups is 1. The summed E-state index contributed by atoms with van der Waals surface area (Å²) in [5.41, 5.74) is 3.04. The van der Waals surface area contributed by atoms with E-state index in [0.29, 0.717) is 44.1 Å². The number of carbonyl (C=O) groups is 2. The second-order valence-corrected chi connectivity index (χ2v) is 10.0. The number of benzene rings is 3. The van der Waals surface area contributed by atoms with Crippen LogP contribution in [0.25, 0.3) is 32.9 Å². The first kappa shape index (κ1) is 21.7. The molecule has 3 heterocycles. The molecule has 1 aliphatic heterocycles. The lowest BCUT2D eigenvalue weighted by molar-refractivity contribution is 0.0880. The Labute approximate surface area is 206 Å². The summed E-state index contributed by atoms with van der Waals surface area (Å²) in [6.45, 7) is 0.342. The third kappa shape index (κ3) is 3.39. The maximum atomic E-state index is 13.0. The van der Waals surface area contributed by atoms with Crippen molar-refractivity contribution in [3.63, 3.8) is 0 Å². The lowest BCUT2D eigenvalue weighted by atomic mass is 9.93. The van der Waals surface area contributed by atoms with E-state index in [1.165, 1.54) is 0 Å². The molecule has 0 aliphatic carbocycles. The smallest absolute Gasteiger partial charge is 0.320 e. The molecule has 10 heteroatoms. The number of nitrogens with one attached hydrogen (secondary N) is 2. The van der Waals surface area contributed by atoms with Gasteiger partial charge in [0.15, 0.2) is 0 Å². The molecule has 0 spiro atoms. The minimum Gasteiger partial charge on any atom is -0.609 e. The first-order valence-corrected chi connectivity index (χ1v) is 12.4. The molecule has 0 radical (unpaired) electrons. The van der Waals surface area contributed by atoms with Gasteiger partial charge < -0.3 is 19.2 Å². The largest absolute Gasteiger partial charge is 0.609 e. The highest BCUT2D eigenvalue weighted by Gasteiger charge is 2.35. The third-order valence-electron chi connectivity index (χ3n) is 6.17. The summed E-state index contributed by atoms with van der Waals surface area (Å²) in [6.07, 6.45) is 3.16. The molecule has 1 aliphatic rings. The molecule has 35 heavy (non-hydrogen) atoms. The number of carbonyl (C=O) groups excluding carboxylic acids is 2. The third-order valence-corrected chi connectivity index (χ3v) is 7.71. The zero-order valence-corrected chi connectivity index (χ0v) is 19.6. The van der Waals surface area contributed by atoms with Crippen molar-refractivity contribution in [3.05, 3.63) is 77.1 Å². The van der Waals surface area contributed by atoms with E-state index in [0.717, 1.165) is 5.52 Å². The fourth-order valence-electron chi connectivity index (χ4n) is 4.71. The summed E-state index contributed by atoms with van der Waals surface area (Å²) in [5, 5.41) is 14.6. The van der Waals surface area contributed by atoms with Gasteiger partial charge in [-0.2, -0.15) is 4.98 Å². The Kier molecular flexibility index (Phi) is 5.06. The first-order valence-electron chi connectivity index (χ1n) is 10.7. The molecule has 1 unspecified atom stereocenters. The molecule has 0 bridgehead atoms. The lowest BCUT2D eigenvalue weighted by Gasteiger charge is -2.13. The number of aryl methyl sites for hydroxylation is 1. The van der Waals surface area contributed by atoms with Gasteiger partial charge in [0.1, 0.15) is 11.5 Å². The highest BCUT2D eigenvalue weighted by Crippen LogP contribution is 2.42. The lowest BCUT2D eigenvalue weighted by Crippen LogP contribution is -2.20. The van der Waals surface area contributed by atoms with Crippen LogP contribution in [-0.4, -0.2) is 41.8 Å². The van der Waals surface area contributed by atoms with Gasteiger partial charge >= 0.3 is 5.16 Å². The summed E-state index contributed by atoms with van der Waals surface area (Å²) in [4.78, 5) is 32.9. The second kappa shape index (κ2) is 8.16. The number of H-pyrrole nitrogens is 1. The predicted octanol–water partition coefficient (Wildman–Crippen LogP) is 4.24. The van der Waals surface area contributed by atoms with Crippen molar-refractivity contribution in [3.8, 4) is 16.9 Å². The molecule has 2 amide bonds. The summed E-state index contributed by atoms with van der Waals surface area (Å²) in [7, 11) is 0. The number of amides is 2. The van der Waals surface area contributed by atoms with Crippen LogP contribution >= 0.6 is 11.6 Å². The molecule has 1 atom stereocenters. The topological polar surface area (TPSA) is 123 Å². The van der Waals surface area contributed by atoms with Crippen molar-refractivity contribution < 1.29 is 19.2 Å². The maximum absolute atomic E-state index is 13.0. The Bertz CT molecular complexity index is 1660. The molecule has 0 fully saturated rings. The highest BCUT2D eigenvalue weighted by atomic mass is 35.5. The van der Waals surface area contributed by atoms with Crippen molar-refractivity contribution in [1.29, 1.82) is 0 Å². The number of halogens is 1. The zero-order valence-electron chi connectivity index (χ0n) is 18.0. The van der Waals surface area contributed by atoms with Crippen LogP contribution in [0.1, 0.15) is 20.7 Å². The fraction of sp³-hybridized carbons (Fsp3) is 0.0800. The van der Waals surface area contributed by atoms with Crippen LogP contribution in [0.2, 0.25) is 5.02 Å². The van der Waals surface area contributed by atoms with E-state index < -0.39 is 23.0 Å². The Morgan fingerprint density at radius 2 is 1.83 bits per heavy atom. The molecular weight excluding hydrogens is 488 g/mol. The maximum Gasteiger partial charge on any atom is 0.320 e. The van der Waals surface area contributed by atoms with Crippen molar-refractivity contribution >= 4 is 56.4 Å². The van der Waals surface area contributed by atoms with Crippen LogP contribution in [0.4, 0.5) is 0 Å². The molecule has 8 nitrogen and oxygen atoms in total. The monoisotopic (exact) mass is 504 g/mol. The minimum atomic E-state index is -1.38. The Hall–Kier alpha value is -3.79. The number of imide groups is 1. The summed E-state index contributed by atoms with van der Waals surface area (Å²) in [5.74, 6) is -0.715. The van der Waals surface area contributed by atoms with E-state index in [1.807, 2.05) is 16.7 Å². The van der Waals surface area contributed by atoms with Gasteiger partial charge in [0.25, 0.3) is 11.8 Å². The van der Waals surface area contributed by atoms with E-state index >= 15 is 0 Å². The number of aromatic nitrogens is 3. The van der Waals surface area contributed by atoms with Gasteiger partial charge in [0.2, 0.25) is 0 Å². The van der Waals surface area contributed by atoms with Crippen molar-refractivity contribution in [2.75, 3.05) is 5.75 Å². The van der Waals surface area contributed by atoms with Gasteiger partial charge in [-0.05, 0) is 35.9 Å². The van der Waals surface area contributed by atoms with Gasteiger partial charge in [-0.25, -0.2) is 0 Å². The number of rotatable bonds is 5. The van der Waals surface area contributed by atoms with Crippen LogP contribution in [-0.2, 0) is 17.7 Å². The molecular formula is C25H17ClN4O4S. The van der Waals surface area contributed by atoms with E-state index in [2.05, 4.69) is 15.3 Å². The Morgan fingerprint density at radius 3 is 2.60 bits per heavy atom. The standard InChI is InChI=1S/C25H17ClN4O4S/c26-17-4-2-1-3-14(17)15-12-19-20(22-21(15)23(32)29-24(22)33)16-11-13(31)5-6-18(16)30(19)9-10-35(34)25-27-7-8-28-25/h1-8,11-12,31H,9-10H2,(H,27,28)(H,29,32,33). The van der Waals surface area contributed by atoms with E-state index in [9.17, 15) is 19.2 Å². The summed E-state index contributed by atoms with van der Waals surface area (Å²) >= 11 is 5.11. The quantitative estimate of drug-likeness (QED) is 0.244. The van der Waals surface area contributed by atoms with E-state index in [1.54, 1.807) is 48.8 Å². The average Bonchev–Trinajstić information content (AvgIpc) is 3.55. The van der Waals surface area contributed by atoms with Crippen LogP contribution in [0.15, 0.2) is 66.1 Å². The Morgan fingerprint density at radius 1 is 1.03 bits per heavy atom.